The second-order valence-corrected chi connectivity index (χ2v) is 10.6. The second kappa shape index (κ2) is 16.6. The predicted octanol–water partition coefficient (Wildman–Crippen LogP) is -0.107. The van der Waals surface area contributed by atoms with Crippen LogP contribution in [0.4, 0.5) is 0 Å². The van der Waals surface area contributed by atoms with E-state index in [1.807, 2.05) is 13.8 Å². The molecule has 1 aliphatic rings. The van der Waals surface area contributed by atoms with E-state index in [9.17, 15) is 29.1 Å². The smallest absolute Gasteiger partial charge is 0.326 e. The molecular weight excluding hydrogens is 516 g/mol. The Bertz CT molecular complexity index is 1000. The van der Waals surface area contributed by atoms with Crippen molar-refractivity contribution >= 4 is 29.6 Å². The Labute approximate surface area is 235 Å². The molecule has 1 aromatic rings. The van der Waals surface area contributed by atoms with Crippen molar-refractivity contribution in [2.75, 3.05) is 19.6 Å². The van der Waals surface area contributed by atoms with Gasteiger partial charge in [0.15, 0.2) is 0 Å². The zero-order chi connectivity index (χ0) is 29.7. The van der Waals surface area contributed by atoms with Crippen LogP contribution in [0, 0.1) is 5.92 Å². The molecule has 4 amide bonds. The molecule has 0 aliphatic carbocycles. The van der Waals surface area contributed by atoms with Gasteiger partial charge in [0.2, 0.25) is 23.6 Å². The third-order valence-electron chi connectivity index (χ3n) is 6.80. The Morgan fingerprint density at radius 3 is 2.38 bits per heavy atom. The molecular formula is C28H44N6O6. The van der Waals surface area contributed by atoms with Gasteiger partial charge >= 0.3 is 5.97 Å². The van der Waals surface area contributed by atoms with Crippen molar-refractivity contribution in [2.45, 2.75) is 83.0 Å². The van der Waals surface area contributed by atoms with Crippen LogP contribution in [0.5, 0.6) is 0 Å². The van der Waals surface area contributed by atoms with Crippen LogP contribution in [-0.2, 0) is 30.4 Å². The third-order valence-corrected chi connectivity index (χ3v) is 6.80. The summed E-state index contributed by atoms with van der Waals surface area (Å²) in [6.07, 6.45) is 3.19. The zero-order valence-corrected chi connectivity index (χ0v) is 23.4. The van der Waals surface area contributed by atoms with E-state index in [-0.39, 0.29) is 24.7 Å². The van der Waals surface area contributed by atoms with Gasteiger partial charge in [-0.05, 0) is 56.6 Å². The molecule has 4 atom stereocenters. The minimum absolute atomic E-state index is 0.0884. The third kappa shape index (κ3) is 10.6. The highest BCUT2D eigenvalue weighted by Crippen LogP contribution is 2.20. The average molecular weight is 561 g/mol. The largest absolute Gasteiger partial charge is 0.480 e. The Hall–Kier alpha value is -3.51. The number of hydrogen-bond donors (Lipinski definition) is 6. The number of carboxylic acid groups (broad SMARTS) is 1. The number of unbranched alkanes of at least 4 members (excludes halogenated alkanes) is 1. The maximum Gasteiger partial charge on any atom is 0.326 e. The lowest BCUT2D eigenvalue weighted by Crippen LogP contribution is -2.56. The molecule has 1 fully saturated rings. The van der Waals surface area contributed by atoms with E-state index in [4.69, 9.17) is 11.5 Å². The van der Waals surface area contributed by atoms with Gasteiger partial charge in [-0.15, -0.1) is 0 Å². The van der Waals surface area contributed by atoms with E-state index in [0.717, 1.165) is 5.56 Å². The van der Waals surface area contributed by atoms with Crippen molar-refractivity contribution in [3.63, 3.8) is 0 Å². The summed E-state index contributed by atoms with van der Waals surface area (Å²) in [5.41, 5.74) is 12.4. The molecule has 1 aliphatic heterocycles. The van der Waals surface area contributed by atoms with Gasteiger partial charge in [0.05, 0.1) is 12.6 Å². The summed E-state index contributed by atoms with van der Waals surface area (Å²) >= 11 is 0. The fraction of sp³-hybridized carbons (Fsp3) is 0.607. The number of nitrogens with one attached hydrogen (secondary N) is 3. The number of aliphatic carboxylic acids is 1. The molecule has 1 aromatic carbocycles. The van der Waals surface area contributed by atoms with Crippen molar-refractivity contribution in [2.24, 2.45) is 17.4 Å². The molecule has 8 N–H and O–H groups in total. The molecule has 12 nitrogen and oxygen atoms in total. The number of amides is 4. The molecule has 0 unspecified atom stereocenters. The minimum Gasteiger partial charge on any atom is -0.480 e. The Morgan fingerprint density at radius 2 is 1.75 bits per heavy atom. The van der Waals surface area contributed by atoms with Crippen LogP contribution in [0.25, 0.3) is 0 Å². The van der Waals surface area contributed by atoms with Gasteiger partial charge in [0, 0.05) is 13.0 Å². The van der Waals surface area contributed by atoms with E-state index >= 15 is 0 Å². The van der Waals surface area contributed by atoms with Crippen LogP contribution in [0.3, 0.4) is 0 Å². The first-order valence-corrected chi connectivity index (χ1v) is 13.9. The van der Waals surface area contributed by atoms with E-state index in [1.165, 1.54) is 4.90 Å². The minimum atomic E-state index is -1.20. The monoisotopic (exact) mass is 560 g/mol. The summed E-state index contributed by atoms with van der Waals surface area (Å²) in [4.78, 5) is 64.7. The lowest BCUT2D eigenvalue weighted by atomic mass is 10.0. The average Bonchev–Trinajstić information content (AvgIpc) is 3.40. The van der Waals surface area contributed by atoms with Crippen molar-refractivity contribution in [3.05, 3.63) is 35.9 Å². The highest BCUT2D eigenvalue weighted by Gasteiger charge is 2.37. The first kappa shape index (κ1) is 32.7. The maximum absolute atomic E-state index is 13.2. The molecule has 1 heterocycles. The SMILES string of the molecule is CC(C)C[C@H](N)C(=O)N1CCC[C@H]1C(=O)N[C@@H](CCCCN)C(=O)NCC(=O)N[C@@H](Cc1ccccc1)C(=O)O. The predicted molar refractivity (Wildman–Crippen MR) is 150 cm³/mol. The molecule has 0 radical (unpaired) electrons. The fourth-order valence-corrected chi connectivity index (χ4v) is 4.74. The van der Waals surface area contributed by atoms with Crippen LogP contribution < -0.4 is 27.4 Å². The fourth-order valence-electron chi connectivity index (χ4n) is 4.74. The summed E-state index contributed by atoms with van der Waals surface area (Å²) in [6, 6.07) is 5.32. The van der Waals surface area contributed by atoms with Crippen LogP contribution >= 0.6 is 0 Å². The Morgan fingerprint density at radius 1 is 1.05 bits per heavy atom. The topological polar surface area (TPSA) is 197 Å². The van der Waals surface area contributed by atoms with E-state index in [1.54, 1.807) is 30.3 Å². The van der Waals surface area contributed by atoms with Crippen LogP contribution in [-0.4, -0.2) is 83.4 Å². The van der Waals surface area contributed by atoms with Crippen molar-refractivity contribution in [1.29, 1.82) is 0 Å². The summed E-state index contributed by atoms with van der Waals surface area (Å²) in [5.74, 6) is -2.95. The molecule has 0 spiro atoms. The summed E-state index contributed by atoms with van der Waals surface area (Å²) in [7, 11) is 0. The number of carbonyl (C=O) groups excluding carboxylic acids is 4. The number of carbonyl (C=O) groups is 5. The van der Waals surface area contributed by atoms with Crippen molar-refractivity contribution in [1.82, 2.24) is 20.9 Å². The molecule has 1 saturated heterocycles. The second-order valence-electron chi connectivity index (χ2n) is 10.6. The molecule has 0 bridgehead atoms. The number of hydrogen-bond acceptors (Lipinski definition) is 7. The molecule has 2 rings (SSSR count). The number of carboxylic acids is 1. The standard InChI is InChI=1S/C28H44N6O6/c1-18(2)15-20(30)27(38)34-14-8-12-23(34)26(37)33-21(11-6-7-13-29)25(36)31-17-24(35)32-22(28(39)40)16-19-9-4-3-5-10-19/h3-5,9-10,18,20-23H,6-8,11-17,29-30H2,1-2H3,(H,31,36)(H,32,35)(H,33,37)(H,39,40)/t20-,21-,22-,23-/m0/s1. The summed E-state index contributed by atoms with van der Waals surface area (Å²) in [6.45, 7) is 4.31. The highest BCUT2D eigenvalue weighted by atomic mass is 16.4. The number of benzene rings is 1. The van der Waals surface area contributed by atoms with Gasteiger partial charge in [-0.25, -0.2) is 4.79 Å². The number of likely N-dealkylation sites (tertiary alicyclic amines) is 1. The molecule has 12 heteroatoms. The van der Waals surface area contributed by atoms with E-state index in [0.29, 0.717) is 45.2 Å². The van der Waals surface area contributed by atoms with Crippen molar-refractivity contribution < 1.29 is 29.1 Å². The lowest BCUT2D eigenvalue weighted by Gasteiger charge is -2.28. The number of rotatable bonds is 16. The maximum atomic E-state index is 13.2. The first-order chi connectivity index (χ1) is 19.0. The van der Waals surface area contributed by atoms with Gasteiger partial charge in [-0.2, -0.15) is 0 Å². The quantitative estimate of drug-likeness (QED) is 0.151. The van der Waals surface area contributed by atoms with Gasteiger partial charge in [0.25, 0.3) is 0 Å². The molecule has 222 valence electrons. The molecule has 0 saturated carbocycles. The van der Waals surface area contributed by atoms with Gasteiger partial charge in [-0.1, -0.05) is 44.2 Å². The van der Waals surface area contributed by atoms with E-state index in [2.05, 4.69) is 16.0 Å². The summed E-state index contributed by atoms with van der Waals surface area (Å²) in [5, 5.41) is 17.2. The lowest BCUT2D eigenvalue weighted by molar-refractivity contribution is -0.141. The normalized spacial score (nSPS) is 17.1. The zero-order valence-electron chi connectivity index (χ0n) is 23.4. The number of nitrogens with two attached hydrogens (primary N) is 2. The summed E-state index contributed by atoms with van der Waals surface area (Å²) < 4.78 is 0. The van der Waals surface area contributed by atoms with Gasteiger partial charge in [-0.3, -0.25) is 19.2 Å². The first-order valence-electron chi connectivity index (χ1n) is 13.9. The van der Waals surface area contributed by atoms with Crippen molar-refractivity contribution in [3.8, 4) is 0 Å². The highest BCUT2D eigenvalue weighted by molar-refractivity contribution is 5.94. The van der Waals surface area contributed by atoms with Crippen LogP contribution in [0.15, 0.2) is 30.3 Å². The van der Waals surface area contributed by atoms with Crippen LogP contribution in [0.2, 0.25) is 0 Å². The molecule has 40 heavy (non-hydrogen) atoms. The number of nitrogens with zero attached hydrogens (tertiary/aromatic N) is 1. The Balaban J connectivity index is 1.98. The van der Waals surface area contributed by atoms with Gasteiger partial charge in [0.1, 0.15) is 18.1 Å². The van der Waals surface area contributed by atoms with Crippen LogP contribution in [0.1, 0.15) is 57.9 Å². The Kier molecular flexibility index (Phi) is 13.5. The van der Waals surface area contributed by atoms with E-state index < -0.39 is 54.4 Å². The van der Waals surface area contributed by atoms with Gasteiger partial charge < -0.3 is 37.4 Å². The molecule has 0 aromatic heterocycles.